The van der Waals surface area contributed by atoms with Gasteiger partial charge >= 0.3 is 0 Å². The van der Waals surface area contributed by atoms with E-state index < -0.39 is 0 Å². The molecule has 0 bridgehead atoms. The van der Waals surface area contributed by atoms with E-state index in [9.17, 15) is 4.79 Å². The average molecular weight is 389 g/mol. The number of furan rings is 1. The number of rotatable bonds is 4. The first-order chi connectivity index (χ1) is 13.8. The third kappa shape index (κ3) is 3.42. The van der Waals surface area contributed by atoms with E-state index >= 15 is 0 Å². The van der Waals surface area contributed by atoms with Gasteiger partial charge in [0.25, 0.3) is 11.6 Å². The Morgan fingerprint density at radius 1 is 1.10 bits per heavy atom. The highest BCUT2D eigenvalue weighted by Crippen LogP contribution is 2.31. The highest BCUT2D eigenvalue weighted by molar-refractivity contribution is 6.13. The Balaban J connectivity index is 1.83. The van der Waals surface area contributed by atoms with E-state index in [2.05, 4.69) is 29.3 Å². The van der Waals surface area contributed by atoms with Gasteiger partial charge in [0.2, 0.25) is 0 Å². The van der Waals surface area contributed by atoms with E-state index in [0.29, 0.717) is 28.1 Å². The Labute approximate surface area is 168 Å². The fraction of sp³-hybridized carbons (Fsp3) is 0.261. The van der Waals surface area contributed by atoms with E-state index in [1.54, 1.807) is 13.0 Å². The van der Waals surface area contributed by atoms with Crippen LogP contribution in [0.15, 0.2) is 45.3 Å². The van der Waals surface area contributed by atoms with Gasteiger partial charge in [-0.2, -0.15) is 0 Å². The number of nitrogens with one attached hydrogen (secondary N) is 1. The van der Waals surface area contributed by atoms with Crippen LogP contribution in [0.4, 0.5) is 5.69 Å². The van der Waals surface area contributed by atoms with Crippen molar-refractivity contribution in [2.45, 2.75) is 40.5 Å². The number of hydrogen-bond acceptors (Lipinski definition) is 5. The number of carbonyl (C=O) groups excluding carboxylic acids is 1. The maximum absolute atomic E-state index is 13.3. The van der Waals surface area contributed by atoms with Crippen molar-refractivity contribution in [2.24, 2.45) is 0 Å². The van der Waals surface area contributed by atoms with Crippen LogP contribution in [0.25, 0.3) is 22.4 Å². The first-order valence-corrected chi connectivity index (χ1v) is 9.60. The van der Waals surface area contributed by atoms with Crippen LogP contribution >= 0.6 is 0 Å². The number of aryl methyl sites for hydroxylation is 3. The second kappa shape index (κ2) is 7.20. The Morgan fingerprint density at radius 2 is 1.86 bits per heavy atom. The predicted octanol–water partition coefficient (Wildman–Crippen LogP) is 5.78. The Bertz CT molecular complexity index is 1220. The van der Waals surface area contributed by atoms with Crippen molar-refractivity contribution < 1.29 is 13.7 Å². The molecule has 1 N–H and O–H groups in total. The van der Waals surface area contributed by atoms with E-state index in [0.717, 1.165) is 28.3 Å². The van der Waals surface area contributed by atoms with Gasteiger partial charge in [-0.1, -0.05) is 37.2 Å². The molecule has 0 aliphatic heterocycles. The van der Waals surface area contributed by atoms with Gasteiger partial charge in [-0.25, -0.2) is 4.98 Å². The zero-order valence-corrected chi connectivity index (χ0v) is 17.2. The molecule has 6 heteroatoms. The Kier molecular flexibility index (Phi) is 4.70. The Hall–Kier alpha value is -3.41. The molecule has 0 radical (unpaired) electrons. The van der Waals surface area contributed by atoms with Crippen molar-refractivity contribution in [2.75, 3.05) is 5.32 Å². The number of carbonyl (C=O) groups is 1. The van der Waals surface area contributed by atoms with Crippen LogP contribution in [0.1, 0.15) is 52.9 Å². The van der Waals surface area contributed by atoms with Crippen LogP contribution in [0.3, 0.4) is 0 Å². The van der Waals surface area contributed by atoms with Crippen LogP contribution < -0.4 is 5.32 Å². The molecule has 3 heterocycles. The number of nitrogens with zero attached hydrogens (tertiary/aromatic N) is 2. The molecule has 0 spiro atoms. The zero-order chi connectivity index (χ0) is 20.7. The maximum Gasteiger partial charge on any atom is 0.259 e. The van der Waals surface area contributed by atoms with Crippen LogP contribution in [-0.4, -0.2) is 16.0 Å². The predicted molar refractivity (Wildman–Crippen MR) is 112 cm³/mol. The van der Waals surface area contributed by atoms with Gasteiger partial charge in [0.1, 0.15) is 11.5 Å². The minimum Gasteiger partial charge on any atom is -0.466 e. The second-order valence-electron chi connectivity index (χ2n) is 7.53. The van der Waals surface area contributed by atoms with Crippen LogP contribution in [-0.2, 0) is 0 Å². The lowest BCUT2D eigenvalue weighted by Crippen LogP contribution is -2.14. The van der Waals surface area contributed by atoms with Gasteiger partial charge in [0.05, 0.1) is 22.3 Å². The summed E-state index contributed by atoms with van der Waals surface area (Å²) in [5, 5.41) is 7.69. The van der Waals surface area contributed by atoms with Gasteiger partial charge in [0, 0.05) is 11.3 Å². The smallest absolute Gasteiger partial charge is 0.259 e. The summed E-state index contributed by atoms with van der Waals surface area (Å²) >= 11 is 0. The summed E-state index contributed by atoms with van der Waals surface area (Å²) < 4.78 is 11.0. The zero-order valence-electron chi connectivity index (χ0n) is 17.2. The van der Waals surface area contributed by atoms with E-state index in [1.807, 2.05) is 44.2 Å². The molecule has 0 saturated heterocycles. The third-order valence-electron chi connectivity index (χ3n) is 5.01. The number of anilines is 1. The molecule has 0 atom stereocenters. The molecule has 4 rings (SSSR count). The van der Waals surface area contributed by atoms with Gasteiger partial charge in [-0.05, 0) is 50.5 Å². The maximum atomic E-state index is 13.3. The highest BCUT2D eigenvalue weighted by atomic mass is 16.5. The highest BCUT2D eigenvalue weighted by Gasteiger charge is 2.21. The fourth-order valence-corrected chi connectivity index (χ4v) is 3.60. The molecule has 148 valence electrons. The average Bonchev–Trinajstić information content (AvgIpc) is 3.22. The molecule has 1 aromatic carbocycles. The first-order valence-electron chi connectivity index (χ1n) is 9.60. The molecule has 1 amide bonds. The molecular weight excluding hydrogens is 366 g/mol. The molecule has 0 fully saturated rings. The van der Waals surface area contributed by atoms with Crippen molar-refractivity contribution in [1.82, 2.24) is 10.1 Å². The lowest BCUT2D eigenvalue weighted by Gasteiger charge is -2.14. The quantitative estimate of drug-likeness (QED) is 0.478. The monoisotopic (exact) mass is 389 g/mol. The van der Waals surface area contributed by atoms with Crippen molar-refractivity contribution in [3.63, 3.8) is 0 Å². The van der Waals surface area contributed by atoms with Crippen molar-refractivity contribution in [1.29, 1.82) is 0 Å². The van der Waals surface area contributed by atoms with Gasteiger partial charge in [-0.3, -0.25) is 4.79 Å². The molecule has 3 aromatic heterocycles. The summed E-state index contributed by atoms with van der Waals surface area (Å²) in [5.41, 5.74) is 4.75. The van der Waals surface area contributed by atoms with Gasteiger partial charge in [-0.15, -0.1) is 0 Å². The normalized spacial score (nSPS) is 11.4. The first kappa shape index (κ1) is 18.9. The third-order valence-corrected chi connectivity index (χ3v) is 5.01. The largest absolute Gasteiger partial charge is 0.466 e. The van der Waals surface area contributed by atoms with Crippen molar-refractivity contribution >= 4 is 22.7 Å². The minimum absolute atomic E-state index is 0.226. The summed E-state index contributed by atoms with van der Waals surface area (Å²) in [7, 11) is 0. The molecule has 0 unspecified atom stereocenters. The summed E-state index contributed by atoms with van der Waals surface area (Å²) in [4.78, 5) is 17.9. The van der Waals surface area contributed by atoms with E-state index in [-0.39, 0.29) is 11.8 Å². The van der Waals surface area contributed by atoms with E-state index in [4.69, 9.17) is 8.94 Å². The van der Waals surface area contributed by atoms with Crippen molar-refractivity contribution in [3.05, 3.63) is 64.7 Å². The van der Waals surface area contributed by atoms with Crippen LogP contribution in [0.5, 0.6) is 0 Å². The SMILES string of the molecule is Cc1cc(-c2cc(C(=O)Nc3ccccc3C(C)C)c3c(C)noc3n2)c(C)o1. The molecule has 4 aromatic rings. The molecular formula is C23H23N3O3. The Morgan fingerprint density at radius 3 is 2.55 bits per heavy atom. The lowest BCUT2D eigenvalue weighted by atomic mass is 10.0. The van der Waals surface area contributed by atoms with Crippen LogP contribution in [0, 0.1) is 20.8 Å². The summed E-state index contributed by atoms with van der Waals surface area (Å²) in [6.07, 6.45) is 0. The molecule has 0 aliphatic rings. The van der Waals surface area contributed by atoms with Gasteiger partial charge < -0.3 is 14.3 Å². The summed E-state index contributed by atoms with van der Waals surface area (Å²) in [6, 6.07) is 11.5. The second-order valence-corrected chi connectivity index (χ2v) is 7.53. The molecule has 29 heavy (non-hydrogen) atoms. The van der Waals surface area contributed by atoms with E-state index in [1.165, 1.54) is 0 Å². The summed E-state index contributed by atoms with van der Waals surface area (Å²) in [5.74, 6) is 1.58. The number of para-hydroxylation sites is 1. The number of aromatic nitrogens is 2. The lowest BCUT2D eigenvalue weighted by molar-refractivity contribution is 0.102. The van der Waals surface area contributed by atoms with Crippen molar-refractivity contribution in [3.8, 4) is 11.3 Å². The minimum atomic E-state index is -0.226. The number of benzene rings is 1. The van der Waals surface area contributed by atoms with Crippen LogP contribution in [0.2, 0.25) is 0 Å². The number of amides is 1. The fourth-order valence-electron chi connectivity index (χ4n) is 3.60. The number of fused-ring (bicyclic) bond motifs is 1. The molecule has 0 saturated carbocycles. The number of hydrogen-bond donors (Lipinski definition) is 1. The topological polar surface area (TPSA) is 81.2 Å². The molecule has 0 aliphatic carbocycles. The van der Waals surface area contributed by atoms with Gasteiger partial charge in [0.15, 0.2) is 0 Å². The standard InChI is InChI=1S/C23H23N3O3/c1-12(2)16-8-6-7-9-19(16)24-22(27)18-11-20(17-10-13(3)28-15(17)5)25-23-21(18)14(4)26-29-23/h6-12H,1-5H3,(H,24,27). The molecule has 6 nitrogen and oxygen atoms in total. The number of pyridine rings is 1. The summed E-state index contributed by atoms with van der Waals surface area (Å²) in [6.45, 7) is 9.76.